The predicted molar refractivity (Wildman–Crippen MR) is 78.2 cm³/mol. The largest absolute Gasteiger partial charge is 0.506 e. The molecule has 1 heterocycles. The normalized spacial score (nSPS) is 12.2. The Kier molecular flexibility index (Phi) is 3.35. The monoisotopic (exact) mass is 318 g/mol. The van der Waals surface area contributed by atoms with Gasteiger partial charge in [0.1, 0.15) is 16.3 Å². The lowest BCUT2D eigenvalue weighted by atomic mass is 10.1. The van der Waals surface area contributed by atoms with Crippen molar-refractivity contribution < 1.29 is 18.1 Å². The minimum atomic E-state index is -4.48. The smallest absolute Gasteiger partial charge is 0.295 e. The van der Waals surface area contributed by atoms with Crippen LogP contribution in [0.15, 0.2) is 57.8 Å². The van der Waals surface area contributed by atoms with Gasteiger partial charge in [-0.05, 0) is 0 Å². The second-order valence-corrected chi connectivity index (χ2v) is 5.77. The van der Waals surface area contributed by atoms with E-state index in [1.807, 2.05) is 0 Å². The first-order valence-electron chi connectivity index (χ1n) is 6.10. The molecule has 0 radical (unpaired) electrons. The Bertz CT molecular complexity index is 965. The van der Waals surface area contributed by atoms with E-state index >= 15 is 0 Å². The highest BCUT2D eigenvalue weighted by Gasteiger charge is 2.19. The molecule has 2 aromatic carbocycles. The van der Waals surface area contributed by atoms with Gasteiger partial charge in [0.2, 0.25) is 5.95 Å². The number of rotatable bonds is 3. The first kappa shape index (κ1) is 14.2. The molecule has 112 valence electrons. The highest BCUT2D eigenvalue weighted by atomic mass is 32.2. The summed E-state index contributed by atoms with van der Waals surface area (Å²) in [5, 5.41) is 18.3. The number of benzene rings is 2. The molecule has 0 saturated carbocycles. The number of aromatic nitrogens is 2. The van der Waals surface area contributed by atoms with Gasteiger partial charge in [-0.25, -0.2) is 4.98 Å². The topological polar surface area (TPSA) is 128 Å². The number of phenols is 1. The van der Waals surface area contributed by atoms with E-state index in [2.05, 4.69) is 20.2 Å². The summed E-state index contributed by atoms with van der Waals surface area (Å²) in [4.78, 5) is 6.19. The lowest BCUT2D eigenvalue weighted by Crippen LogP contribution is -1.99. The van der Waals surface area contributed by atoms with Gasteiger partial charge in [0.05, 0.1) is 0 Å². The first-order chi connectivity index (χ1) is 10.5. The lowest BCUT2D eigenvalue weighted by Gasteiger charge is -2.08. The Labute approximate surface area is 124 Å². The van der Waals surface area contributed by atoms with Crippen LogP contribution < -0.4 is 0 Å². The number of azo groups is 1. The lowest BCUT2D eigenvalue weighted by molar-refractivity contribution is 0.468. The van der Waals surface area contributed by atoms with Crippen molar-refractivity contribution in [1.29, 1.82) is 0 Å². The van der Waals surface area contributed by atoms with Crippen molar-refractivity contribution in [3.63, 3.8) is 0 Å². The zero-order valence-electron chi connectivity index (χ0n) is 11.0. The van der Waals surface area contributed by atoms with Crippen molar-refractivity contribution in [2.45, 2.75) is 4.90 Å². The molecule has 8 nitrogen and oxygen atoms in total. The van der Waals surface area contributed by atoms with Gasteiger partial charge < -0.3 is 10.1 Å². The number of phenolic OH excluding ortho intramolecular Hbond substituents is 1. The zero-order valence-corrected chi connectivity index (χ0v) is 11.8. The summed E-state index contributed by atoms with van der Waals surface area (Å²) in [6.45, 7) is 0. The Hall–Kier alpha value is -2.78. The molecule has 3 rings (SSSR count). The Morgan fingerprint density at radius 1 is 1.14 bits per heavy atom. The summed E-state index contributed by atoms with van der Waals surface area (Å²) in [6.07, 6.45) is 3.06. The van der Waals surface area contributed by atoms with Crippen molar-refractivity contribution in [2.75, 3.05) is 0 Å². The summed E-state index contributed by atoms with van der Waals surface area (Å²) in [6, 6.07) is 7.28. The average Bonchev–Trinajstić information content (AvgIpc) is 2.98. The molecule has 0 spiro atoms. The van der Waals surface area contributed by atoms with Crippen molar-refractivity contribution >= 4 is 32.5 Å². The van der Waals surface area contributed by atoms with E-state index in [0.717, 1.165) is 6.07 Å². The van der Waals surface area contributed by atoms with Gasteiger partial charge in [0.15, 0.2) is 0 Å². The molecule has 22 heavy (non-hydrogen) atoms. The first-order valence-corrected chi connectivity index (χ1v) is 7.54. The van der Waals surface area contributed by atoms with E-state index in [4.69, 9.17) is 0 Å². The minimum Gasteiger partial charge on any atom is -0.506 e. The maximum absolute atomic E-state index is 11.4. The summed E-state index contributed by atoms with van der Waals surface area (Å²) in [5.74, 6) is -0.177. The number of fused-ring (bicyclic) bond motifs is 1. The highest BCUT2D eigenvalue weighted by molar-refractivity contribution is 7.86. The summed E-state index contributed by atoms with van der Waals surface area (Å²) in [5.41, 5.74) is 0.0828. The van der Waals surface area contributed by atoms with Gasteiger partial charge >= 0.3 is 0 Å². The third-order valence-electron chi connectivity index (χ3n) is 2.96. The Morgan fingerprint density at radius 2 is 1.86 bits per heavy atom. The van der Waals surface area contributed by atoms with E-state index in [1.54, 1.807) is 24.4 Å². The molecule has 1 aromatic heterocycles. The van der Waals surface area contributed by atoms with Crippen LogP contribution >= 0.6 is 0 Å². The third-order valence-corrected chi connectivity index (χ3v) is 3.86. The molecular formula is C13H10N4O4S. The Balaban J connectivity index is 2.26. The number of imidazole rings is 1. The van der Waals surface area contributed by atoms with Crippen LogP contribution in [0.25, 0.3) is 10.8 Å². The molecule has 0 fully saturated rings. The van der Waals surface area contributed by atoms with Crippen molar-refractivity contribution in [3.05, 3.63) is 42.7 Å². The Morgan fingerprint density at radius 3 is 2.50 bits per heavy atom. The summed E-state index contributed by atoms with van der Waals surface area (Å²) in [7, 11) is -4.48. The average molecular weight is 318 g/mol. The van der Waals surface area contributed by atoms with E-state index in [0.29, 0.717) is 5.39 Å². The predicted octanol–water partition coefficient (Wildman–Crippen LogP) is 2.93. The van der Waals surface area contributed by atoms with Crippen LogP contribution in [-0.2, 0) is 10.1 Å². The summed E-state index contributed by atoms with van der Waals surface area (Å²) < 4.78 is 32.1. The minimum absolute atomic E-state index is 0.0828. The second-order valence-electron chi connectivity index (χ2n) is 4.38. The van der Waals surface area contributed by atoms with Crippen molar-refractivity contribution in [1.82, 2.24) is 9.97 Å². The van der Waals surface area contributed by atoms with Gasteiger partial charge in [0, 0.05) is 29.2 Å². The number of nitrogens with zero attached hydrogens (tertiary/aromatic N) is 3. The van der Waals surface area contributed by atoms with Gasteiger partial charge in [0.25, 0.3) is 10.1 Å². The van der Waals surface area contributed by atoms with E-state index in [1.165, 1.54) is 12.3 Å². The van der Waals surface area contributed by atoms with Crippen LogP contribution in [0.2, 0.25) is 0 Å². The van der Waals surface area contributed by atoms with E-state index < -0.39 is 20.8 Å². The van der Waals surface area contributed by atoms with Gasteiger partial charge in [-0.3, -0.25) is 4.55 Å². The van der Waals surface area contributed by atoms with Gasteiger partial charge in [-0.2, -0.15) is 8.42 Å². The molecule has 3 aromatic rings. The maximum atomic E-state index is 11.4. The molecule has 0 aliphatic carbocycles. The number of aromatic hydroxyl groups is 1. The maximum Gasteiger partial charge on any atom is 0.295 e. The fourth-order valence-corrected chi connectivity index (χ4v) is 2.76. The molecular weight excluding hydrogens is 308 g/mol. The molecule has 0 saturated heterocycles. The SMILES string of the molecule is O=S(=O)(O)c1cc(O)c(N=Nc2ncc[nH]2)c2ccccc12. The van der Waals surface area contributed by atoms with Crippen LogP contribution in [0.3, 0.4) is 0 Å². The van der Waals surface area contributed by atoms with Crippen LogP contribution in [0.5, 0.6) is 5.75 Å². The molecule has 3 N–H and O–H groups in total. The van der Waals surface area contributed by atoms with Gasteiger partial charge in [-0.1, -0.05) is 24.3 Å². The number of aromatic amines is 1. The third kappa shape index (κ3) is 2.54. The highest BCUT2D eigenvalue weighted by Crippen LogP contribution is 2.39. The molecule has 0 bridgehead atoms. The van der Waals surface area contributed by atoms with Crippen LogP contribution in [0.4, 0.5) is 11.6 Å². The fourth-order valence-electron chi connectivity index (χ4n) is 2.04. The zero-order chi connectivity index (χ0) is 15.7. The van der Waals surface area contributed by atoms with Crippen molar-refractivity contribution in [2.24, 2.45) is 10.2 Å². The number of hydrogen-bond acceptors (Lipinski definition) is 6. The second kappa shape index (κ2) is 5.20. The number of nitrogens with one attached hydrogen (secondary N) is 1. The van der Waals surface area contributed by atoms with Crippen LogP contribution in [0.1, 0.15) is 0 Å². The molecule has 0 unspecified atom stereocenters. The van der Waals surface area contributed by atoms with Crippen LogP contribution in [0, 0.1) is 0 Å². The van der Waals surface area contributed by atoms with Gasteiger partial charge in [-0.15, -0.1) is 10.2 Å². The fraction of sp³-hybridized carbons (Fsp3) is 0. The molecule has 0 aliphatic heterocycles. The quantitative estimate of drug-likeness (QED) is 0.505. The van der Waals surface area contributed by atoms with Crippen LogP contribution in [-0.4, -0.2) is 28.0 Å². The molecule has 0 amide bonds. The van der Waals surface area contributed by atoms with E-state index in [-0.39, 0.29) is 17.0 Å². The molecule has 0 aliphatic rings. The van der Waals surface area contributed by atoms with E-state index in [9.17, 15) is 18.1 Å². The molecule has 0 atom stereocenters. The van der Waals surface area contributed by atoms with Crippen molar-refractivity contribution in [3.8, 4) is 5.75 Å². The standard InChI is InChI=1S/C13H10N4O4S/c18-10-7-11(22(19,20)21)8-3-1-2-4-9(8)12(10)16-17-13-14-5-6-15-13/h1-7,18H,(H,14,15)(H,19,20,21). The summed E-state index contributed by atoms with van der Waals surface area (Å²) >= 11 is 0. The number of H-pyrrole nitrogens is 1. The molecule has 9 heteroatoms. The number of hydrogen-bond donors (Lipinski definition) is 3.